The predicted molar refractivity (Wildman–Crippen MR) is 99.9 cm³/mol. The molecule has 1 aromatic carbocycles. The van der Waals surface area contributed by atoms with E-state index in [2.05, 4.69) is 20.6 Å². The maximum atomic E-state index is 12.4. The summed E-state index contributed by atoms with van der Waals surface area (Å²) < 4.78 is 0. The molecule has 0 aliphatic heterocycles. The molecule has 25 heavy (non-hydrogen) atoms. The predicted octanol–water partition coefficient (Wildman–Crippen LogP) is 4.30. The highest BCUT2D eigenvalue weighted by molar-refractivity contribution is 6.31. The second-order valence-electron chi connectivity index (χ2n) is 5.59. The van der Waals surface area contributed by atoms with Gasteiger partial charge in [0.15, 0.2) is 0 Å². The molecule has 0 saturated carbocycles. The summed E-state index contributed by atoms with van der Waals surface area (Å²) in [5.41, 5.74) is 3.95. The van der Waals surface area contributed by atoms with Crippen LogP contribution in [0.15, 0.2) is 61.2 Å². The number of carbonyl (C=O) groups excluding carboxylic acids is 1. The van der Waals surface area contributed by atoms with Crippen molar-refractivity contribution >= 4 is 28.9 Å². The van der Waals surface area contributed by atoms with Crippen molar-refractivity contribution in [1.29, 1.82) is 0 Å². The second-order valence-corrected chi connectivity index (χ2v) is 6.00. The molecule has 0 unspecified atom stereocenters. The van der Waals surface area contributed by atoms with Crippen LogP contribution in [0.25, 0.3) is 0 Å². The number of carbonyl (C=O) groups is 1. The van der Waals surface area contributed by atoms with E-state index >= 15 is 0 Å². The van der Waals surface area contributed by atoms with Crippen molar-refractivity contribution in [3.63, 3.8) is 0 Å². The third-order valence-electron chi connectivity index (χ3n) is 3.68. The Morgan fingerprint density at radius 1 is 1.04 bits per heavy atom. The first kappa shape index (κ1) is 16.9. The minimum absolute atomic E-state index is 0.236. The summed E-state index contributed by atoms with van der Waals surface area (Å²) in [4.78, 5) is 20.5. The summed E-state index contributed by atoms with van der Waals surface area (Å²) in [7, 11) is 0. The number of hydrogen-bond donors (Lipinski definition) is 2. The number of halogens is 1. The molecular formula is C19H17ClN4O. The number of rotatable bonds is 5. The van der Waals surface area contributed by atoms with Gasteiger partial charge < -0.3 is 10.6 Å². The molecule has 2 N–H and O–H groups in total. The van der Waals surface area contributed by atoms with Crippen molar-refractivity contribution in [1.82, 2.24) is 9.97 Å². The number of anilines is 2. The lowest BCUT2D eigenvalue weighted by molar-refractivity contribution is 0.102. The van der Waals surface area contributed by atoms with Crippen LogP contribution in [-0.4, -0.2) is 15.9 Å². The first-order valence-electron chi connectivity index (χ1n) is 7.77. The number of nitrogens with one attached hydrogen (secondary N) is 2. The van der Waals surface area contributed by atoms with E-state index in [9.17, 15) is 4.79 Å². The van der Waals surface area contributed by atoms with Crippen molar-refractivity contribution < 1.29 is 4.79 Å². The standard InChI is InChI=1S/C19H17ClN4O/c1-13-2-3-16(9-18(13)20)24-19(25)15-8-17(12-22-11-15)23-10-14-4-6-21-7-5-14/h2-9,11-12,23H,10H2,1H3,(H,24,25). The van der Waals surface area contributed by atoms with Gasteiger partial charge in [0, 0.05) is 42.0 Å². The van der Waals surface area contributed by atoms with Crippen LogP contribution >= 0.6 is 11.6 Å². The molecule has 5 nitrogen and oxygen atoms in total. The van der Waals surface area contributed by atoms with Gasteiger partial charge in [-0.25, -0.2) is 0 Å². The molecule has 2 heterocycles. The Hall–Kier alpha value is -2.92. The maximum Gasteiger partial charge on any atom is 0.257 e. The van der Waals surface area contributed by atoms with E-state index in [1.54, 1.807) is 30.7 Å². The Labute approximate surface area is 151 Å². The van der Waals surface area contributed by atoms with Crippen molar-refractivity contribution in [2.75, 3.05) is 10.6 Å². The zero-order valence-electron chi connectivity index (χ0n) is 13.7. The zero-order valence-corrected chi connectivity index (χ0v) is 14.4. The van der Waals surface area contributed by atoms with Crippen molar-refractivity contribution in [3.8, 4) is 0 Å². The Balaban J connectivity index is 1.67. The monoisotopic (exact) mass is 352 g/mol. The highest BCUT2D eigenvalue weighted by atomic mass is 35.5. The lowest BCUT2D eigenvalue weighted by Gasteiger charge is -2.09. The number of aromatic nitrogens is 2. The zero-order chi connectivity index (χ0) is 17.6. The highest BCUT2D eigenvalue weighted by Gasteiger charge is 2.08. The minimum atomic E-state index is -0.236. The fraction of sp³-hybridized carbons (Fsp3) is 0.105. The van der Waals surface area contributed by atoms with Gasteiger partial charge in [-0.2, -0.15) is 0 Å². The molecule has 3 rings (SSSR count). The van der Waals surface area contributed by atoms with Gasteiger partial charge in [-0.1, -0.05) is 17.7 Å². The van der Waals surface area contributed by atoms with Gasteiger partial charge in [0.2, 0.25) is 0 Å². The van der Waals surface area contributed by atoms with Gasteiger partial charge in [0.1, 0.15) is 0 Å². The number of benzene rings is 1. The van der Waals surface area contributed by atoms with Crippen LogP contribution in [0, 0.1) is 6.92 Å². The third kappa shape index (κ3) is 4.55. The number of pyridine rings is 2. The number of amides is 1. The van der Waals surface area contributed by atoms with E-state index in [4.69, 9.17) is 11.6 Å². The number of aryl methyl sites for hydroxylation is 1. The molecule has 0 aliphatic carbocycles. The van der Waals surface area contributed by atoms with Crippen LogP contribution in [0.4, 0.5) is 11.4 Å². The normalized spacial score (nSPS) is 10.3. The molecule has 2 aromatic heterocycles. The van der Waals surface area contributed by atoms with Gasteiger partial charge in [0.25, 0.3) is 5.91 Å². The van der Waals surface area contributed by atoms with Gasteiger partial charge in [-0.3, -0.25) is 14.8 Å². The first-order valence-corrected chi connectivity index (χ1v) is 8.15. The van der Waals surface area contributed by atoms with E-state index in [0.29, 0.717) is 22.8 Å². The van der Waals surface area contributed by atoms with Crippen molar-refractivity contribution in [3.05, 3.63) is 82.9 Å². The number of hydrogen-bond acceptors (Lipinski definition) is 4. The lowest BCUT2D eigenvalue weighted by atomic mass is 10.2. The van der Waals surface area contributed by atoms with Crippen molar-refractivity contribution in [2.45, 2.75) is 13.5 Å². The Morgan fingerprint density at radius 3 is 2.60 bits per heavy atom. The Bertz CT molecular complexity index is 884. The van der Waals surface area contributed by atoms with Gasteiger partial charge >= 0.3 is 0 Å². The molecule has 0 bridgehead atoms. The smallest absolute Gasteiger partial charge is 0.257 e. The van der Waals surface area contributed by atoms with Gasteiger partial charge in [0.05, 0.1) is 11.3 Å². The Morgan fingerprint density at radius 2 is 1.84 bits per heavy atom. The molecule has 126 valence electrons. The first-order chi connectivity index (χ1) is 12.1. The quantitative estimate of drug-likeness (QED) is 0.718. The summed E-state index contributed by atoms with van der Waals surface area (Å²) in [6.07, 6.45) is 6.70. The summed E-state index contributed by atoms with van der Waals surface area (Å²) in [6.45, 7) is 2.54. The molecule has 1 amide bonds. The molecule has 6 heteroatoms. The average molecular weight is 353 g/mol. The summed E-state index contributed by atoms with van der Waals surface area (Å²) in [5.74, 6) is -0.236. The Kier molecular flexibility index (Phi) is 5.26. The SMILES string of the molecule is Cc1ccc(NC(=O)c2cncc(NCc3ccncc3)c2)cc1Cl. The molecule has 0 atom stereocenters. The fourth-order valence-electron chi connectivity index (χ4n) is 2.24. The van der Waals surface area contributed by atoms with Crippen LogP contribution in [-0.2, 0) is 6.54 Å². The summed E-state index contributed by atoms with van der Waals surface area (Å²) in [6, 6.07) is 11.0. The number of nitrogens with zero attached hydrogens (tertiary/aromatic N) is 2. The largest absolute Gasteiger partial charge is 0.380 e. The fourth-order valence-corrected chi connectivity index (χ4v) is 2.42. The van der Waals surface area contributed by atoms with E-state index < -0.39 is 0 Å². The van der Waals surface area contributed by atoms with Crippen LogP contribution < -0.4 is 10.6 Å². The summed E-state index contributed by atoms with van der Waals surface area (Å²) in [5, 5.41) is 6.69. The molecule has 0 spiro atoms. The van der Waals surface area contributed by atoms with Crippen molar-refractivity contribution in [2.24, 2.45) is 0 Å². The maximum absolute atomic E-state index is 12.4. The second kappa shape index (κ2) is 7.77. The molecule has 3 aromatic rings. The topological polar surface area (TPSA) is 66.9 Å². The van der Waals surface area contributed by atoms with Gasteiger partial charge in [-0.05, 0) is 48.4 Å². The average Bonchev–Trinajstić information content (AvgIpc) is 2.64. The molecule has 0 fully saturated rings. The van der Waals surface area contributed by atoms with Crippen LogP contribution in [0.2, 0.25) is 5.02 Å². The lowest BCUT2D eigenvalue weighted by Crippen LogP contribution is -2.13. The van der Waals surface area contributed by atoms with Gasteiger partial charge in [-0.15, -0.1) is 0 Å². The molecular weight excluding hydrogens is 336 g/mol. The van der Waals surface area contributed by atoms with Crippen LogP contribution in [0.3, 0.4) is 0 Å². The van der Waals surface area contributed by atoms with Crippen LogP contribution in [0.5, 0.6) is 0 Å². The highest BCUT2D eigenvalue weighted by Crippen LogP contribution is 2.20. The third-order valence-corrected chi connectivity index (χ3v) is 4.08. The molecule has 0 saturated heterocycles. The minimum Gasteiger partial charge on any atom is -0.380 e. The summed E-state index contributed by atoms with van der Waals surface area (Å²) >= 11 is 6.09. The van der Waals surface area contributed by atoms with E-state index in [0.717, 1.165) is 16.8 Å². The van der Waals surface area contributed by atoms with Crippen LogP contribution in [0.1, 0.15) is 21.5 Å². The molecule has 0 aliphatic rings. The molecule has 0 radical (unpaired) electrons. The van der Waals surface area contributed by atoms with E-state index in [1.807, 2.05) is 31.2 Å². The van der Waals surface area contributed by atoms with E-state index in [1.165, 1.54) is 6.20 Å². The van der Waals surface area contributed by atoms with E-state index in [-0.39, 0.29) is 5.91 Å².